The van der Waals surface area contributed by atoms with Crippen molar-refractivity contribution in [3.05, 3.63) is 0 Å². The molecule has 0 spiro atoms. The van der Waals surface area contributed by atoms with E-state index in [1.165, 1.54) is 32.1 Å². The van der Waals surface area contributed by atoms with Crippen molar-refractivity contribution in [1.82, 2.24) is 0 Å². The molecule has 1 fully saturated rings. The van der Waals surface area contributed by atoms with Crippen LogP contribution in [0, 0.1) is 23.2 Å². The van der Waals surface area contributed by atoms with E-state index in [4.69, 9.17) is 5.26 Å². The lowest BCUT2D eigenvalue weighted by atomic mass is 9.79. The molecule has 12 heavy (non-hydrogen) atoms. The molecule has 0 aromatic rings. The van der Waals surface area contributed by atoms with Crippen LogP contribution in [0.25, 0.3) is 0 Å². The largest absolute Gasteiger partial charge is 0.198 e. The van der Waals surface area contributed by atoms with Crippen molar-refractivity contribution in [3.8, 4) is 6.07 Å². The van der Waals surface area contributed by atoms with Gasteiger partial charge in [-0.1, -0.05) is 32.6 Å². The summed E-state index contributed by atoms with van der Waals surface area (Å²) in [6.07, 6.45) is 8.98. The van der Waals surface area contributed by atoms with Gasteiger partial charge in [-0.25, -0.2) is 0 Å². The molecule has 0 aromatic heterocycles. The van der Waals surface area contributed by atoms with E-state index in [9.17, 15) is 0 Å². The summed E-state index contributed by atoms with van der Waals surface area (Å²) in [6, 6.07) is 2.47. The molecule has 1 saturated carbocycles. The van der Waals surface area contributed by atoms with Gasteiger partial charge in [0.15, 0.2) is 0 Å². The second-order valence-electron chi connectivity index (χ2n) is 3.92. The minimum absolute atomic E-state index is 0.357. The van der Waals surface area contributed by atoms with Gasteiger partial charge in [-0.2, -0.15) is 5.26 Å². The summed E-state index contributed by atoms with van der Waals surface area (Å²) in [5, 5.41) is 8.96. The Balaban J connectivity index is 2.36. The van der Waals surface area contributed by atoms with E-state index >= 15 is 0 Å². The molecule has 0 bridgehead atoms. The standard InChI is InChI=1S/C11H19N/c1-2-6-11(9-12)10-7-4-3-5-8-10/h10-11H,2-8H2,1H3. The van der Waals surface area contributed by atoms with Crippen LogP contribution in [0.3, 0.4) is 0 Å². The van der Waals surface area contributed by atoms with Crippen molar-refractivity contribution in [3.63, 3.8) is 0 Å². The molecule has 1 heteroatoms. The van der Waals surface area contributed by atoms with E-state index < -0.39 is 0 Å². The number of nitrogens with zero attached hydrogens (tertiary/aromatic N) is 1. The Morgan fingerprint density at radius 3 is 2.50 bits per heavy atom. The molecule has 0 saturated heterocycles. The first-order chi connectivity index (χ1) is 5.88. The molecular weight excluding hydrogens is 146 g/mol. The first kappa shape index (κ1) is 9.58. The maximum Gasteiger partial charge on any atom is 0.0658 e. The van der Waals surface area contributed by atoms with Crippen molar-refractivity contribution in [2.45, 2.75) is 51.9 Å². The monoisotopic (exact) mass is 165 g/mol. The normalized spacial score (nSPS) is 21.7. The molecule has 1 rings (SSSR count). The molecule has 1 aliphatic rings. The molecule has 0 aliphatic heterocycles. The molecule has 0 radical (unpaired) electrons. The van der Waals surface area contributed by atoms with E-state index in [0.29, 0.717) is 5.92 Å². The van der Waals surface area contributed by atoms with Gasteiger partial charge in [0.05, 0.1) is 6.07 Å². The van der Waals surface area contributed by atoms with Crippen molar-refractivity contribution < 1.29 is 0 Å². The van der Waals surface area contributed by atoms with Crippen LogP contribution in [0.2, 0.25) is 0 Å². The zero-order valence-corrected chi connectivity index (χ0v) is 8.05. The summed E-state index contributed by atoms with van der Waals surface area (Å²) in [7, 11) is 0. The van der Waals surface area contributed by atoms with E-state index in [-0.39, 0.29) is 0 Å². The fourth-order valence-corrected chi connectivity index (χ4v) is 2.25. The number of hydrogen-bond acceptors (Lipinski definition) is 1. The van der Waals surface area contributed by atoms with Gasteiger partial charge in [-0.05, 0) is 25.2 Å². The van der Waals surface area contributed by atoms with Gasteiger partial charge in [-0.15, -0.1) is 0 Å². The summed E-state index contributed by atoms with van der Waals surface area (Å²) < 4.78 is 0. The van der Waals surface area contributed by atoms with Crippen molar-refractivity contribution in [2.75, 3.05) is 0 Å². The molecule has 0 N–H and O–H groups in total. The van der Waals surface area contributed by atoms with E-state index in [1.807, 2.05) is 0 Å². The molecule has 1 nitrogen and oxygen atoms in total. The highest BCUT2D eigenvalue weighted by atomic mass is 14.3. The first-order valence-corrected chi connectivity index (χ1v) is 5.28. The zero-order chi connectivity index (χ0) is 8.81. The molecule has 68 valence electrons. The van der Waals surface area contributed by atoms with Gasteiger partial charge in [0.25, 0.3) is 0 Å². The van der Waals surface area contributed by atoms with Gasteiger partial charge in [0, 0.05) is 5.92 Å². The minimum atomic E-state index is 0.357. The van der Waals surface area contributed by atoms with Crippen molar-refractivity contribution >= 4 is 0 Å². The fourth-order valence-electron chi connectivity index (χ4n) is 2.25. The Labute approximate surface area is 75.8 Å². The van der Waals surface area contributed by atoms with Gasteiger partial charge >= 0.3 is 0 Å². The van der Waals surface area contributed by atoms with Crippen LogP contribution < -0.4 is 0 Å². The molecular formula is C11H19N. The Morgan fingerprint density at radius 2 is 2.00 bits per heavy atom. The summed E-state index contributed by atoms with van der Waals surface area (Å²) >= 11 is 0. The topological polar surface area (TPSA) is 23.8 Å². The Morgan fingerprint density at radius 1 is 1.33 bits per heavy atom. The van der Waals surface area contributed by atoms with Crippen molar-refractivity contribution in [1.29, 1.82) is 5.26 Å². The average molecular weight is 165 g/mol. The zero-order valence-electron chi connectivity index (χ0n) is 8.05. The molecule has 1 atom stereocenters. The predicted octanol–water partition coefficient (Wildman–Crippen LogP) is 3.51. The first-order valence-electron chi connectivity index (χ1n) is 5.28. The van der Waals surface area contributed by atoms with Gasteiger partial charge in [0.1, 0.15) is 0 Å². The van der Waals surface area contributed by atoms with Crippen LogP contribution in [0.1, 0.15) is 51.9 Å². The molecule has 1 aliphatic carbocycles. The fraction of sp³-hybridized carbons (Fsp3) is 0.909. The molecule has 0 amide bonds. The summed E-state index contributed by atoms with van der Waals surface area (Å²) in [6.45, 7) is 2.17. The highest BCUT2D eigenvalue weighted by Gasteiger charge is 2.22. The summed E-state index contributed by atoms with van der Waals surface area (Å²) in [5.74, 6) is 1.08. The highest BCUT2D eigenvalue weighted by Crippen LogP contribution is 2.31. The predicted molar refractivity (Wildman–Crippen MR) is 50.6 cm³/mol. The second kappa shape index (κ2) is 5.19. The van der Waals surface area contributed by atoms with E-state index in [2.05, 4.69) is 13.0 Å². The Hall–Kier alpha value is -0.510. The maximum absolute atomic E-state index is 8.96. The number of hydrogen-bond donors (Lipinski definition) is 0. The number of nitriles is 1. The van der Waals surface area contributed by atoms with Crippen LogP contribution >= 0.6 is 0 Å². The van der Waals surface area contributed by atoms with E-state index in [0.717, 1.165) is 18.8 Å². The van der Waals surface area contributed by atoms with Crippen LogP contribution in [0.4, 0.5) is 0 Å². The average Bonchev–Trinajstić information content (AvgIpc) is 2.15. The molecule has 0 heterocycles. The molecule has 1 unspecified atom stereocenters. The lowest BCUT2D eigenvalue weighted by molar-refractivity contribution is 0.279. The highest BCUT2D eigenvalue weighted by molar-refractivity contribution is 4.88. The third-order valence-electron chi connectivity index (χ3n) is 2.98. The van der Waals surface area contributed by atoms with Crippen molar-refractivity contribution in [2.24, 2.45) is 11.8 Å². The summed E-state index contributed by atoms with van der Waals surface area (Å²) in [4.78, 5) is 0. The Kier molecular flexibility index (Phi) is 4.14. The second-order valence-corrected chi connectivity index (χ2v) is 3.92. The van der Waals surface area contributed by atoms with E-state index in [1.54, 1.807) is 0 Å². The number of rotatable bonds is 3. The van der Waals surface area contributed by atoms with Crippen LogP contribution in [-0.4, -0.2) is 0 Å². The lowest BCUT2D eigenvalue weighted by Gasteiger charge is -2.25. The smallest absolute Gasteiger partial charge is 0.0658 e. The third kappa shape index (κ3) is 2.52. The van der Waals surface area contributed by atoms with Gasteiger partial charge in [0.2, 0.25) is 0 Å². The van der Waals surface area contributed by atoms with Gasteiger partial charge < -0.3 is 0 Å². The van der Waals surface area contributed by atoms with Crippen LogP contribution in [-0.2, 0) is 0 Å². The minimum Gasteiger partial charge on any atom is -0.198 e. The van der Waals surface area contributed by atoms with Crippen LogP contribution in [0.15, 0.2) is 0 Å². The molecule has 0 aromatic carbocycles. The summed E-state index contributed by atoms with van der Waals surface area (Å²) in [5.41, 5.74) is 0. The maximum atomic E-state index is 8.96. The van der Waals surface area contributed by atoms with Gasteiger partial charge in [-0.3, -0.25) is 0 Å². The SMILES string of the molecule is CCCC(C#N)C1CCCCC1. The quantitative estimate of drug-likeness (QED) is 0.627. The lowest BCUT2D eigenvalue weighted by Crippen LogP contribution is -2.16. The Bertz CT molecular complexity index is 151. The third-order valence-corrected chi connectivity index (χ3v) is 2.98. The van der Waals surface area contributed by atoms with Crippen LogP contribution in [0.5, 0.6) is 0 Å².